The maximum Gasteiger partial charge on any atom is 0.223 e. The maximum absolute atomic E-state index is 12.6. The van der Waals surface area contributed by atoms with Gasteiger partial charge in [-0.2, -0.15) is 0 Å². The fourth-order valence-electron chi connectivity index (χ4n) is 3.22. The number of phenolic OH excluding ortho intramolecular Hbond substituents is 1. The van der Waals surface area contributed by atoms with Crippen LogP contribution in [0, 0.1) is 0 Å². The van der Waals surface area contributed by atoms with E-state index in [2.05, 4.69) is 0 Å². The molecule has 1 aliphatic heterocycles. The van der Waals surface area contributed by atoms with E-state index in [1.54, 1.807) is 35.2 Å². The standard InChI is InChI=1S/C19H20ClNO3/c20-15-7-5-14(6-8-15)19-17(23)10-11-21(19)18(24)9-4-13-2-1-3-16(22)12-13/h1-3,5-8,12,17,19,22-23H,4,9-11H2/t17-,19-/m1/s1. The lowest BCUT2D eigenvalue weighted by molar-refractivity contribution is -0.133. The number of benzene rings is 2. The Labute approximate surface area is 146 Å². The molecule has 0 bridgehead atoms. The van der Waals surface area contributed by atoms with Crippen LogP contribution in [0.4, 0.5) is 0 Å². The Morgan fingerprint density at radius 2 is 1.96 bits per heavy atom. The zero-order chi connectivity index (χ0) is 17.1. The maximum atomic E-state index is 12.6. The van der Waals surface area contributed by atoms with Crippen LogP contribution in [-0.2, 0) is 11.2 Å². The minimum absolute atomic E-state index is 0.00911. The first-order valence-electron chi connectivity index (χ1n) is 8.05. The molecule has 0 saturated carbocycles. The Bertz CT molecular complexity index is 717. The minimum Gasteiger partial charge on any atom is -0.508 e. The van der Waals surface area contributed by atoms with Gasteiger partial charge in [0.25, 0.3) is 0 Å². The van der Waals surface area contributed by atoms with Crippen molar-refractivity contribution in [3.8, 4) is 5.75 Å². The molecule has 4 nitrogen and oxygen atoms in total. The molecule has 2 N–H and O–H groups in total. The Balaban J connectivity index is 1.69. The molecule has 0 radical (unpaired) electrons. The number of likely N-dealkylation sites (tertiary alicyclic amines) is 1. The van der Waals surface area contributed by atoms with Crippen LogP contribution in [-0.4, -0.2) is 33.7 Å². The van der Waals surface area contributed by atoms with Crippen LogP contribution in [0.2, 0.25) is 5.02 Å². The summed E-state index contributed by atoms with van der Waals surface area (Å²) in [5.74, 6) is 0.213. The van der Waals surface area contributed by atoms with Crippen LogP contribution in [0.1, 0.15) is 30.0 Å². The van der Waals surface area contributed by atoms with Gasteiger partial charge in [-0.25, -0.2) is 0 Å². The quantitative estimate of drug-likeness (QED) is 0.893. The van der Waals surface area contributed by atoms with E-state index in [1.807, 2.05) is 18.2 Å². The molecule has 1 amide bonds. The van der Waals surface area contributed by atoms with Crippen LogP contribution in [0.15, 0.2) is 48.5 Å². The number of phenols is 1. The number of carbonyl (C=O) groups is 1. The first kappa shape index (κ1) is 16.8. The molecule has 0 aromatic heterocycles. The molecular formula is C19H20ClNO3. The van der Waals surface area contributed by atoms with Gasteiger partial charge in [0.05, 0.1) is 12.1 Å². The smallest absolute Gasteiger partial charge is 0.223 e. The van der Waals surface area contributed by atoms with E-state index in [-0.39, 0.29) is 17.7 Å². The summed E-state index contributed by atoms with van der Waals surface area (Å²) in [5, 5.41) is 20.4. The van der Waals surface area contributed by atoms with Gasteiger partial charge in [-0.15, -0.1) is 0 Å². The highest BCUT2D eigenvalue weighted by Crippen LogP contribution is 2.33. The van der Waals surface area contributed by atoms with Crippen LogP contribution in [0.5, 0.6) is 5.75 Å². The Kier molecular flexibility index (Phi) is 5.07. The van der Waals surface area contributed by atoms with Crippen LogP contribution < -0.4 is 0 Å². The van der Waals surface area contributed by atoms with Crippen molar-refractivity contribution in [3.63, 3.8) is 0 Å². The van der Waals surface area contributed by atoms with Crippen molar-refractivity contribution in [2.45, 2.75) is 31.4 Å². The summed E-state index contributed by atoms with van der Waals surface area (Å²) >= 11 is 5.92. The predicted octanol–water partition coefficient (Wildman–Crippen LogP) is 3.31. The number of aliphatic hydroxyl groups is 1. The number of halogens is 1. The van der Waals surface area contributed by atoms with Gasteiger partial charge in [0.2, 0.25) is 5.91 Å². The van der Waals surface area contributed by atoms with Crippen LogP contribution >= 0.6 is 11.6 Å². The van der Waals surface area contributed by atoms with Crippen molar-refractivity contribution in [1.82, 2.24) is 4.90 Å². The molecule has 24 heavy (non-hydrogen) atoms. The third kappa shape index (κ3) is 3.71. The molecule has 1 saturated heterocycles. The number of carbonyl (C=O) groups excluding carboxylic acids is 1. The summed E-state index contributed by atoms with van der Waals surface area (Å²) in [5.41, 5.74) is 1.82. The van der Waals surface area contributed by atoms with Crippen molar-refractivity contribution in [2.75, 3.05) is 6.54 Å². The molecule has 2 atom stereocenters. The Morgan fingerprint density at radius 3 is 2.67 bits per heavy atom. The summed E-state index contributed by atoms with van der Waals surface area (Å²) in [6.45, 7) is 0.549. The molecule has 2 aromatic rings. The zero-order valence-electron chi connectivity index (χ0n) is 13.2. The van der Waals surface area contributed by atoms with E-state index < -0.39 is 6.10 Å². The van der Waals surface area contributed by atoms with Gasteiger partial charge < -0.3 is 15.1 Å². The molecule has 5 heteroatoms. The van der Waals surface area contributed by atoms with Gasteiger partial charge in [0.1, 0.15) is 5.75 Å². The third-order valence-electron chi connectivity index (χ3n) is 4.44. The molecule has 1 aliphatic rings. The first-order chi connectivity index (χ1) is 11.5. The summed E-state index contributed by atoms with van der Waals surface area (Å²) in [6, 6.07) is 13.9. The predicted molar refractivity (Wildman–Crippen MR) is 93.0 cm³/mol. The summed E-state index contributed by atoms with van der Waals surface area (Å²) in [4.78, 5) is 14.4. The molecule has 1 heterocycles. The number of aromatic hydroxyl groups is 1. The van der Waals surface area contributed by atoms with Gasteiger partial charge in [0, 0.05) is 18.0 Å². The van der Waals surface area contributed by atoms with Crippen molar-refractivity contribution in [3.05, 3.63) is 64.7 Å². The molecule has 0 spiro atoms. The fourth-order valence-corrected chi connectivity index (χ4v) is 3.35. The summed E-state index contributed by atoms with van der Waals surface area (Å²) < 4.78 is 0. The molecule has 126 valence electrons. The van der Waals surface area contributed by atoms with E-state index in [1.165, 1.54) is 0 Å². The number of nitrogens with zero attached hydrogens (tertiary/aromatic N) is 1. The topological polar surface area (TPSA) is 60.8 Å². The minimum atomic E-state index is -0.559. The van der Waals surface area contributed by atoms with E-state index in [9.17, 15) is 15.0 Å². The van der Waals surface area contributed by atoms with E-state index >= 15 is 0 Å². The van der Waals surface area contributed by atoms with Crippen LogP contribution in [0.3, 0.4) is 0 Å². The summed E-state index contributed by atoms with van der Waals surface area (Å²) in [7, 11) is 0. The average molecular weight is 346 g/mol. The number of aryl methyl sites for hydroxylation is 1. The highest BCUT2D eigenvalue weighted by Gasteiger charge is 2.36. The average Bonchev–Trinajstić information content (AvgIpc) is 2.95. The molecule has 1 fully saturated rings. The third-order valence-corrected chi connectivity index (χ3v) is 4.69. The number of amides is 1. The zero-order valence-corrected chi connectivity index (χ0v) is 14.0. The largest absolute Gasteiger partial charge is 0.508 e. The number of hydrogen-bond acceptors (Lipinski definition) is 3. The lowest BCUT2D eigenvalue weighted by Gasteiger charge is -2.27. The van der Waals surface area contributed by atoms with Gasteiger partial charge in [-0.3, -0.25) is 4.79 Å². The van der Waals surface area contributed by atoms with E-state index in [0.29, 0.717) is 30.8 Å². The van der Waals surface area contributed by atoms with E-state index in [4.69, 9.17) is 11.6 Å². The highest BCUT2D eigenvalue weighted by atomic mass is 35.5. The number of hydrogen-bond donors (Lipinski definition) is 2. The second kappa shape index (κ2) is 7.24. The van der Waals surface area contributed by atoms with Gasteiger partial charge in [-0.05, 0) is 48.2 Å². The lowest BCUT2D eigenvalue weighted by Crippen LogP contribution is -2.33. The molecule has 0 aliphatic carbocycles. The Hall–Kier alpha value is -2.04. The summed E-state index contributed by atoms with van der Waals surface area (Å²) in [6.07, 6.45) is 0.925. The van der Waals surface area contributed by atoms with Crippen molar-refractivity contribution < 1.29 is 15.0 Å². The number of rotatable bonds is 4. The fraction of sp³-hybridized carbons (Fsp3) is 0.316. The SMILES string of the molecule is O=C(CCc1cccc(O)c1)N1CC[C@@H](O)[C@H]1c1ccc(Cl)cc1. The normalized spacial score (nSPS) is 20.3. The Morgan fingerprint density at radius 1 is 1.21 bits per heavy atom. The lowest BCUT2D eigenvalue weighted by atomic mass is 10.0. The van der Waals surface area contributed by atoms with Gasteiger partial charge in [0.15, 0.2) is 0 Å². The molecule has 2 aromatic carbocycles. The van der Waals surface area contributed by atoms with Crippen LogP contribution in [0.25, 0.3) is 0 Å². The van der Waals surface area contributed by atoms with Gasteiger partial charge in [-0.1, -0.05) is 35.9 Å². The second-order valence-electron chi connectivity index (χ2n) is 6.11. The number of aliphatic hydroxyl groups excluding tert-OH is 1. The van der Waals surface area contributed by atoms with Crippen molar-refractivity contribution >= 4 is 17.5 Å². The molecular weight excluding hydrogens is 326 g/mol. The molecule has 3 rings (SSSR count). The first-order valence-corrected chi connectivity index (χ1v) is 8.43. The second-order valence-corrected chi connectivity index (χ2v) is 6.55. The monoisotopic (exact) mass is 345 g/mol. The van der Waals surface area contributed by atoms with E-state index in [0.717, 1.165) is 11.1 Å². The van der Waals surface area contributed by atoms with Crippen molar-refractivity contribution in [2.24, 2.45) is 0 Å². The highest BCUT2D eigenvalue weighted by molar-refractivity contribution is 6.30. The molecule has 0 unspecified atom stereocenters. The van der Waals surface area contributed by atoms with Crippen molar-refractivity contribution in [1.29, 1.82) is 0 Å². The van der Waals surface area contributed by atoms with Gasteiger partial charge >= 0.3 is 0 Å².